The molecule has 0 aliphatic carbocycles. The maximum atomic E-state index is 5.72. The minimum absolute atomic E-state index is 0.543. The lowest BCUT2D eigenvalue weighted by molar-refractivity contribution is 0.410. The quantitative estimate of drug-likeness (QED) is 0.869. The number of ether oxygens (including phenoxy) is 1. The fourth-order valence-electron chi connectivity index (χ4n) is 1.91. The third-order valence-corrected chi connectivity index (χ3v) is 2.84. The maximum absolute atomic E-state index is 5.72. The van der Waals surface area contributed by atoms with Crippen molar-refractivity contribution in [1.82, 2.24) is 0 Å². The molecule has 0 aromatic heterocycles. The first-order valence-corrected chi connectivity index (χ1v) is 5.65. The minimum Gasteiger partial charge on any atom is -0.496 e. The van der Waals surface area contributed by atoms with Gasteiger partial charge in [0.15, 0.2) is 0 Å². The van der Waals surface area contributed by atoms with Gasteiger partial charge in [-0.05, 0) is 34.9 Å². The molecule has 2 heteroatoms. The molecule has 2 N–H and O–H groups in total. The Hall–Kier alpha value is -1.80. The second-order valence-electron chi connectivity index (χ2n) is 3.89. The molecule has 2 aromatic rings. The van der Waals surface area contributed by atoms with Gasteiger partial charge in [0.1, 0.15) is 5.75 Å². The molecular formula is C15H16NO. The third kappa shape index (κ3) is 2.66. The Morgan fingerprint density at radius 2 is 1.94 bits per heavy atom. The number of para-hydroxylation sites is 1. The molecule has 0 aliphatic rings. The van der Waals surface area contributed by atoms with Crippen molar-refractivity contribution in [3.8, 4) is 5.75 Å². The van der Waals surface area contributed by atoms with Crippen molar-refractivity contribution in [3.05, 3.63) is 65.2 Å². The minimum atomic E-state index is 0.543. The SMILES string of the molecule is COc1ccccc1Cc1cc[c]cc1CN. The zero-order valence-electron chi connectivity index (χ0n) is 9.94. The van der Waals surface area contributed by atoms with Gasteiger partial charge in [-0.1, -0.05) is 30.3 Å². The molecule has 0 amide bonds. The molecule has 17 heavy (non-hydrogen) atoms. The van der Waals surface area contributed by atoms with Gasteiger partial charge in [-0.2, -0.15) is 0 Å². The number of rotatable bonds is 4. The second kappa shape index (κ2) is 5.51. The summed E-state index contributed by atoms with van der Waals surface area (Å²) in [6.07, 6.45) is 0.839. The van der Waals surface area contributed by atoms with Crippen molar-refractivity contribution < 1.29 is 4.74 Å². The lowest BCUT2D eigenvalue weighted by Crippen LogP contribution is -2.02. The van der Waals surface area contributed by atoms with Gasteiger partial charge < -0.3 is 10.5 Å². The summed E-state index contributed by atoms with van der Waals surface area (Å²) in [4.78, 5) is 0. The summed E-state index contributed by atoms with van der Waals surface area (Å²) in [5.41, 5.74) is 9.27. The molecule has 0 spiro atoms. The van der Waals surface area contributed by atoms with E-state index in [2.05, 4.69) is 18.2 Å². The second-order valence-corrected chi connectivity index (χ2v) is 3.89. The molecular weight excluding hydrogens is 210 g/mol. The van der Waals surface area contributed by atoms with E-state index in [-0.39, 0.29) is 0 Å². The smallest absolute Gasteiger partial charge is 0.122 e. The van der Waals surface area contributed by atoms with Crippen LogP contribution < -0.4 is 10.5 Å². The van der Waals surface area contributed by atoms with Crippen LogP contribution in [0.2, 0.25) is 0 Å². The molecule has 0 saturated carbocycles. The van der Waals surface area contributed by atoms with E-state index in [4.69, 9.17) is 10.5 Å². The Balaban J connectivity index is 2.31. The monoisotopic (exact) mass is 226 g/mol. The zero-order chi connectivity index (χ0) is 12.1. The molecule has 0 aliphatic heterocycles. The molecule has 0 bridgehead atoms. The largest absolute Gasteiger partial charge is 0.496 e. The van der Waals surface area contributed by atoms with E-state index < -0.39 is 0 Å². The molecule has 1 radical (unpaired) electrons. The summed E-state index contributed by atoms with van der Waals surface area (Å²) in [5.74, 6) is 0.920. The average molecular weight is 226 g/mol. The molecule has 2 nitrogen and oxygen atoms in total. The number of benzene rings is 2. The Morgan fingerprint density at radius 3 is 2.71 bits per heavy atom. The van der Waals surface area contributed by atoms with Crippen molar-refractivity contribution in [2.45, 2.75) is 13.0 Å². The molecule has 0 heterocycles. The standard InChI is InChI=1S/C15H16NO/c1-17-15-9-5-4-7-13(15)10-12-6-2-3-8-14(12)11-16/h2,4-9H,10-11,16H2,1H3. The van der Waals surface area contributed by atoms with Gasteiger partial charge >= 0.3 is 0 Å². The van der Waals surface area contributed by atoms with Crippen LogP contribution in [-0.4, -0.2) is 7.11 Å². The lowest BCUT2D eigenvalue weighted by atomic mass is 9.99. The van der Waals surface area contributed by atoms with Crippen molar-refractivity contribution in [1.29, 1.82) is 0 Å². The van der Waals surface area contributed by atoms with Crippen LogP contribution in [0.25, 0.3) is 0 Å². The van der Waals surface area contributed by atoms with Crippen LogP contribution in [0.3, 0.4) is 0 Å². The predicted molar refractivity (Wildman–Crippen MR) is 69.0 cm³/mol. The van der Waals surface area contributed by atoms with Crippen molar-refractivity contribution >= 4 is 0 Å². The molecule has 2 rings (SSSR count). The first-order chi connectivity index (χ1) is 8.35. The van der Waals surface area contributed by atoms with E-state index in [1.54, 1.807) is 7.11 Å². The van der Waals surface area contributed by atoms with Crippen LogP contribution in [0, 0.1) is 6.07 Å². The highest BCUT2D eigenvalue weighted by atomic mass is 16.5. The molecule has 0 saturated heterocycles. The van der Waals surface area contributed by atoms with E-state index in [9.17, 15) is 0 Å². The zero-order valence-corrected chi connectivity index (χ0v) is 9.94. The Bertz CT molecular complexity index is 448. The summed E-state index contributed by atoms with van der Waals surface area (Å²) in [5, 5.41) is 0. The topological polar surface area (TPSA) is 35.2 Å². The van der Waals surface area contributed by atoms with E-state index in [1.807, 2.05) is 30.3 Å². The Kier molecular flexibility index (Phi) is 3.78. The van der Waals surface area contributed by atoms with E-state index in [0.29, 0.717) is 6.54 Å². The van der Waals surface area contributed by atoms with Gasteiger partial charge in [0.25, 0.3) is 0 Å². The first kappa shape index (κ1) is 11.7. The molecule has 0 fully saturated rings. The van der Waals surface area contributed by atoms with Crippen molar-refractivity contribution in [3.63, 3.8) is 0 Å². The third-order valence-electron chi connectivity index (χ3n) is 2.84. The molecule has 87 valence electrons. The summed E-state index contributed by atoms with van der Waals surface area (Å²) in [6, 6.07) is 17.0. The van der Waals surface area contributed by atoms with Crippen molar-refractivity contribution in [2.24, 2.45) is 5.73 Å². The van der Waals surface area contributed by atoms with Crippen LogP contribution in [0.5, 0.6) is 5.75 Å². The summed E-state index contributed by atoms with van der Waals surface area (Å²) < 4.78 is 5.35. The highest BCUT2D eigenvalue weighted by Gasteiger charge is 2.05. The Morgan fingerprint density at radius 1 is 1.12 bits per heavy atom. The fraction of sp³-hybridized carbons (Fsp3) is 0.200. The number of nitrogens with two attached hydrogens (primary N) is 1. The van der Waals surface area contributed by atoms with E-state index in [1.165, 1.54) is 11.1 Å². The van der Waals surface area contributed by atoms with Crippen molar-refractivity contribution in [2.75, 3.05) is 7.11 Å². The van der Waals surface area contributed by atoms with Gasteiger partial charge in [0.05, 0.1) is 7.11 Å². The highest BCUT2D eigenvalue weighted by Crippen LogP contribution is 2.22. The van der Waals surface area contributed by atoms with Crippen LogP contribution in [0.1, 0.15) is 16.7 Å². The summed E-state index contributed by atoms with van der Waals surface area (Å²) >= 11 is 0. The lowest BCUT2D eigenvalue weighted by Gasteiger charge is -2.10. The van der Waals surface area contributed by atoms with Gasteiger partial charge in [0, 0.05) is 13.0 Å². The van der Waals surface area contributed by atoms with Gasteiger partial charge in [-0.3, -0.25) is 0 Å². The fourth-order valence-corrected chi connectivity index (χ4v) is 1.91. The predicted octanol–water partition coefficient (Wildman–Crippen LogP) is 2.54. The highest BCUT2D eigenvalue weighted by molar-refractivity contribution is 5.39. The van der Waals surface area contributed by atoms with Gasteiger partial charge in [-0.15, -0.1) is 0 Å². The van der Waals surface area contributed by atoms with E-state index in [0.717, 1.165) is 17.7 Å². The number of hydrogen-bond acceptors (Lipinski definition) is 2. The van der Waals surface area contributed by atoms with Crippen LogP contribution in [-0.2, 0) is 13.0 Å². The van der Waals surface area contributed by atoms with Gasteiger partial charge in [-0.25, -0.2) is 0 Å². The van der Waals surface area contributed by atoms with E-state index >= 15 is 0 Å². The normalized spacial score (nSPS) is 10.2. The molecule has 0 unspecified atom stereocenters. The number of hydrogen-bond donors (Lipinski definition) is 1. The maximum Gasteiger partial charge on any atom is 0.122 e. The van der Waals surface area contributed by atoms with Crippen LogP contribution >= 0.6 is 0 Å². The number of methoxy groups -OCH3 is 1. The first-order valence-electron chi connectivity index (χ1n) is 5.65. The molecule has 2 aromatic carbocycles. The molecule has 0 atom stereocenters. The van der Waals surface area contributed by atoms with Gasteiger partial charge in [0.2, 0.25) is 0 Å². The summed E-state index contributed by atoms with van der Waals surface area (Å²) in [6.45, 7) is 0.543. The van der Waals surface area contributed by atoms with Crippen LogP contribution in [0.15, 0.2) is 42.5 Å². The van der Waals surface area contributed by atoms with Crippen LogP contribution in [0.4, 0.5) is 0 Å². The summed E-state index contributed by atoms with van der Waals surface area (Å²) in [7, 11) is 1.70. The average Bonchev–Trinajstić information content (AvgIpc) is 2.40. The Labute approximate surface area is 102 Å².